The summed E-state index contributed by atoms with van der Waals surface area (Å²) in [6.07, 6.45) is 2.66. The molecule has 2 fully saturated rings. The molecule has 0 radical (unpaired) electrons. The topological polar surface area (TPSA) is 68.3 Å². The van der Waals surface area contributed by atoms with E-state index in [1.54, 1.807) is 6.08 Å². The molecule has 0 N–H and O–H groups in total. The van der Waals surface area contributed by atoms with Crippen LogP contribution in [0.15, 0.2) is 104 Å². The second kappa shape index (κ2) is 14.4. The fraction of sp³-hybridized carbons (Fsp3) is 0.421. The van der Waals surface area contributed by atoms with E-state index in [0.29, 0.717) is 42.3 Å². The van der Waals surface area contributed by atoms with Crippen LogP contribution in [0.1, 0.15) is 50.3 Å². The predicted molar refractivity (Wildman–Crippen MR) is 175 cm³/mol. The first-order valence-corrected chi connectivity index (χ1v) is 16.0. The van der Waals surface area contributed by atoms with Crippen molar-refractivity contribution in [2.24, 2.45) is 11.8 Å². The van der Waals surface area contributed by atoms with Gasteiger partial charge in [0.05, 0.1) is 13.2 Å². The standard InChI is InChI=1S/C38H46N2O5/c1-5-24-44-38(30-19-11-7-12-20-30,31-21-13-8-14-22-31)35(41)43-25-16-15-23-40(36(42)45-37(2,3)4)34-32-27-39(28-33(32)34)26-29-17-9-6-10-18-29/h5-14,17-22,32-34H,1,15-16,23-28H2,2-4H3. The SMILES string of the molecule is C=CCOC(C(=O)OCCCCN(C(=O)OC(C)(C)C)C1C2CN(Cc3ccccc3)CC21)(c1ccccc1)c1ccccc1. The molecular formula is C38H46N2O5. The second-order valence-corrected chi connectivity index (χ2v) is 13.0. The number of hydrogen-bond acceptors (Lipinski definition) is 6. The minimum absolute atomic E-state index is 0.177. The third kappa shape index (κ3) is 7.84. The molecule has 1 aliphatic carbocycles. The molecule has 2 atom stereocenters. The highest BCUT2D eigenvalue weighted by atomic mass is 16.6. The molecule has 1 amide bonds. The van der Waals surface area contributed by atoms with Crippen LogP contribution in [-0.2, 0) is 31.2 Å². The normalized spacial score (nSPS) is 19.4. The van der Waals surface area contributed by atoms with Crippen molar-refractivity contribution in [1.82, 2.24) is 9.80 Å². The van der Waals surface area contributed by atoms with E-state index in [1.807, 2.05) is 92.4 Å². The minimum Gasteiger partial charge on any atom is -0.463 e. The quantitative estimate of drug-likeness (QED) is 0.113. The third-order valence-electron chi connectivity index (χ3n) is 8.55. The predicted octanol–water partition coefficient (Wildman–Crippen LogP) is 6.82. The molecule has 0 spiro atoms. The Hall–Kier alpha value is -3.94. The van der Waals surface area contributed by atoms with Crippen LogP contribution in [0.5, 0.6) is 0 Å². The number of carbonyl (C=O) groups is 2. The Bertz CT molecular complexity index is 1350. The van der Waals surface area contributed by atoms with E-state index < -0.39 is 17.2 Å². The Morgan fingerprint density at radius 1 is 0.867 bits per heavy atom. The minimum atomic E-state index is -1.42. The molecule has 1 aliphatic heterocycles. The number of benzene rings is 3. The molecule has 1 heterocycles. The highest BCUT2D eigenvalue weighted by Crippen LogP contribution is 2.49. The summed E-state index contributed by atoms with van der Waals surface area (Å²) >= 11 is 0. The van der Waals surface area contributed by atoms with Gasteiger partial charge in [0.25, 0.3) is 0 Å². The van der Waals surface area contributed by atoms with Crippen molar-refractivity contribution in [2.75, 3.05) is 32.8 Å². The molecular weight excluding hydrogens is 564 g/mol. The molecule has 1 saturated carbocycles. The molecule has 7 nitrogen and oxygen atoms in total. The largest absolute Gasteiger partial charge is 0.463 e. The summed E-state index contributed by atoms with van der Waals surface area (Å²) in [6.45, 7) is 13.3. The summed E-state index contributed by atoms with van der Waals surface area (Å²) in [7, 11) is 0. The number of nitrogens with zero attached hydrogens (tertiary/aromatic N) is 2. The molecule has 2 unspecified atom stereocenters. The molecule has 45 heavy (non-hydrogen) atoms. The number of likely N-dealkylation sites (tertiary alicyclic amines) is 1. The van der Waals surface area contributed by atoms with Gasteiger partial charge in [0.1, 0.15) is 5.60 Å². The van der Waals surface area contributed by atoms with Gasteiger partial charge in [0.2, 0.25) is 5.60 Å². The van der Waals surface area contributed by atoms with Gasteiger partial charge in [-0.2, -0.15) is 0 Å². The number of hydrogen-bond donors (Lipinski definition) is 0. The first-order valence-electron chi connectivity index (χ1n) is 16.0. The summed E-state index contributed by atoms with van der Waals surface area (Å²) < 4.78 is 18.0. The number of piperidine rings is 1. The molecule has 238 valence electrons. The number of ether oxygens (including phenoxy) is 3. The lowest BCUT2D eigenvalue weighted by Crippen LogP contribution is -2.43. The maximum absolute atomic E-state index is 13.9. The number of rotatable bonds is 14. The first kappa shape index (κ1) is 32.5. The highest BCUT2D eigenvalue weighted by Gasteiger charge is 2.59. The zero-order valence-electron chi connectivity index (χ0n) is 26.8. The first-order chi connectivity index (χ1) is 21.7. The van der Waals surface area contributed by atoms with Gasteiger partial charge < -0.3 is 19.1 Å². The van der Waals surface area contributed by atoms with Crippen LogP contribution in [-0.4, -0.2) is 66.4 Å². The smallest absolute Gasteiger partial charge is 0.410 e. The van der Waals surface area contributed by atoms with Crippen molar-refractivity contribution in [2.45, 2.75) is 57.4 Å². The van der Waals surface area contributed by atoms with E-state index in [2.05, 4.69) is 35.7 Å². The van der Waals surface area contributed by atoms with Crippen molar-refractivity contribution in [1.29, 1.82) is 0 Å². The van der Waals surface area contributed by atoms with Gasteiger partial charge in [-0.05, 0) is 62.1 Å². The molecule has 1 saturated heterocycles. The van der Waals surface area contributed by atoms with Crippen LogP contribution in [0.3, 0.4) is 0 Å². The van der Waals surface area contributed by atoms with E-state index in [1.165, 1.54) is 5.56 Å². The zero-order valence-corrected chi connectivity index (χ0v) is 26.8. The zero-order chi connectivity index (χ0) is 31.9. The Labute approximate surface area is 267 Å². The highest BCUT2D eigenvalue weighted by molar-refractivity contribution is 5.86. The summed E-state index contributed by atoms with van der Waals surface area (Å²) in [6, 6.07) is 29.6. The lowest BCUT2D eigenvalue weighted by molar-refractivity contribution is -0.167. The summed E-state index contributed by atoms with van der Waals surface area (Å²) in [5.41, 5.74) is 0.711. The van der Waals surface area contributed by atoms with Crippen LogP contribution in [0.2, 0.25) is 0 Å². The van der Waals surface area contributed by atoms with Crippen LogP contribution >= 0.6 is 0 Å². The van der Waals surface area contributed by atoms with E-state index in [0.717, 1.165) is 19.6 Å². The molecule has 2 aliphatic rings. The van der Waals surface area contributed by atoms with E-state index in [9.17, 15) is 9.59 Å². The van der Waals surface area contributed by atoms with Gasteiger partial charge in [0.15, 0.2) is 0 Å². The molecule has 3 aromatic rings. The lowest BCUT2D eigenvalue weighted by Gasteiger charge is -2.32. The van der Waals surface area contributed by atoms with Crippen LogP contribution in [0, 0.1) is 11.8 Å². The van der Waals surface area contributed by atoms with Gasteiger partial charge in [0, 0.05) is 32.2 Å². The van der Waals surface area contributed by atoms with E-state index >= 15 is 0 Å². The van der Waals surface area contributed by atoms with Crippen molar-refractivity contribution in [3.63, 3.8) is 0 Å². The second-order valence-electron chi connectivity index (χ2n) is 13.0. The van der Waals surface area contributed by atoms with Crippen LogP contribution < -0.4 is 0 Å². The van der Waals surface area contributed by atoms with Gasteiger partial charge >= 0.3 is 12.1 Å². The average molecular weight is 611 g/mol. The summed E-state index contributed by atoms with van der Waals surface area (Å²) in [5, 5.41) is 0. The van der Waals surface area contributed by atoms with Gasteiger partial charge in [-0.25, -0.2) is 9.59 Å². The number of amides is 1. The summed E-state index contributed by atoms with van der Waals surface area (Å²) in [4.78, 5) is 31.6. The molecule has 5 rings (SSSR count). The number of fused-ring (bicyclic) bond motifs is 1. The average Bonchev–Trinajstić information content (AvgIpc) is 3.51. The number of esters is 1. The maximum Gasteiger partial charge on any atom is 0.410 e. The monoisotopic (exact) mass is 610 g/mol. The van der Waals surface area contributed by atoms with Crippen molar-refractivity contribution < 1.29 is 23.8 Å². The molecule has 7 heteroatoms. The van der Waals surface area contributed by atoms with Crippen LogP contribution in [0.4, 0.5) is 4.79 Å². The number of unbranched alkanes of at least 4 members (excludes halogenated alkanes) is 1. The molecule has 3 aromatic carbocycles. The van der Waals surface area contributed by atoms with Crippen LogP contribution in [0.25, 0.3) is 0 Å². The van der Waals surface area contributed by atoms with E-state index in [4.69, 9.17) is 14.2 Å². The Balaban J connectivity index is 1.20. The Morgan fingerprint density at radius 2 is 1.42 bits per heavy atom. The Kier molecular flexibility index (Phi) is 10.4. The van der Waals surface area contributed by atoms with Crippen molar-refractivity contribution in [3.8, 4) is 0 Å². The molecule has 0 aromatic heterocycles. The maximum atomic E-state index is 13.9. The van der Waals surface area contributed by atoms with Gasteiger partial charge in [-0.15, -0.1) is 6.58 Å². The fourth-order valence-corrected chi connectivity index (χ4v) is 6.51. The van der Waals surface area contributed by atoms with E-state index in [-0.39, 0.29) is 25.3 Å². The van der Waals surface area contributed by atoms with Gasteiger partial charge in [-0.3, -0.25) is 4.90 Å². The fourth-order valence-electron chi connectivity index (χ4n) is 6.51. The van der Waals surface area contributed by atoms with Gasteiger partial charge in [-0.1, -0.05) is 97.1 Å². The summed E-state index contributed by atoms with van der Waals surface area (Å²) in [5.74, 6) is 0.442. The van der Waals surface area contributed by atoms with Crippen molar-refractivity contribution >= 4 is 12.1 Å². The Morgan fingerprint density at radius 3 is 1.96 bits per heavy atom. The third-order valence-corrected chi connectivity index (χ3v) is 8.55. The van der Waals surface area contributed by atoms with Crippen molar-refractivity contribution in [3.05, 3.63) is 120 Å². The molecule has 0 bridgehead atoms. The lowest BCUT2D eigenvalue weighted by atomic mass is 9.86. The number of carbonyl (C=O) groups excluding carboxylic acids is 2.